The van der Waals surface area contributed by atoms with Gasteiger partial charge in [0.15, 0.2) is 11.5 Å². The number of benzene rings is 1. The largest absolute Gasteiger partial charge is 0.496 e. The van der Waals surface area contributed by atoms with Gasteiger partial charge >= 0.3 is 0 Å². The number of ketones is 2. The molecule has 0 saturated heterocycles. The fourth-order valence-electron chi connectivity index (χ4n) is 2.59. The molecule has 0 fully saturated rings. The first-order valence-corrected chi connectivity index (χ1v) is 6.36. The Morgan fingerprint density at radius 3 is 2.75 bits per heavy atom. The van der Waals surface area contributed by atoms with E-state index in [2.05, 4.69) is 6.58 Å². The van der Waals surface area contributed by atoms with E-state index in [1.54, 1.807) is 18.2 Å². The first kappa shape index (κ1) is 12.7. The van der Waals surface area contributed by atoms with E-state index in [0.717, 1.165) is 5.57 Å². The molecule has 0 bridgehead atoms. The van der Waals surface area contributed by atoms with E-state index in [0.29, 0.717) is 28.9 Å². The number of carbonyl (C=O) groups excluding carboxylic acids is 2. The lowest BCUT2D eigenvalue weighted by Gasteiger charge is -2.17. The van der Waals surface area contributed by atoms with Crippen LogP contribution in [0.2, 0.25) is 0 Å². The van der Waals surface area contributed by atoms with Crippen LogP contribution in [0.25, 0.3) is 0 Å². The molecule has 102 valence electrons. The van der Waals surface area contributed by atoms with Crippen molar-refractivity contribution in [1.29, 1.82) is 0 Å². The number of rotatable bonds is 2. The van der Waals surface area contributed by atoms with Gasteiger partial charge in [0.25, 0.3) is 0 Å². The van der Waals surface area contributed by atoms with Gasteiger partial charge in [-0.15, -0.1) is 0 Å². The zero-order valence-corrected chi connectivity index (χ0v) is 11.4. The molecule has 0 aromatic heterocycles. The Morgan fingerprint density at radius 1 is 1.35 bits per heavy atom. The highest BCUT2D eigenvalue weighted by Gasteiger charge is 2.41. The van der Waals surface area contributed by atoms with Gasteiger partial charge in [-0.2, -0.15) is 0 Å². The van der Waals surface area contributed by atoms with Gasteiger partial charge in [-0.25, -0.2) is 0 Å². The molecule has 1 unspecified atom stereocenters. The van der Waals surface area contributed by atoms with Gasteiger partial charge in [0.2, 0.25) is 5.78 Å². The van der Waals surface area contributed by atoms with Gasteiger partial charge in [-0.3, -0.25) is 9.59 Å². The maximum absolute atomic E-state index is 12.6. The molecule has 4 heteroatoms. The predicted octanol–water partition coefficient (Wildman–Crippen LogP) is 2.69. The Bertz CT molecular complexity index is 682. The molecule has 1 aliphatic heterocycles. The van der Waals surface area contributed by atoms with Crippen LogP contribution in [0.3, 0.4) is 0 Å². The summed E-state index contributed by atoms with van der Waals surface area (Å²) < 4.78 is 10.8. The molecule has 0 radical (unpaired) electrons. The molecule has 1 aliphatic carbocycles. The van der Waals surface area contributed by atoms with Crippen LogP contribution < -0.4 is 4.74 Å². The van der Waals surface area contributed by atoms with Crippen LogP contribution in [0, 0.1) is 0 Å². The van der Waals surface area contributed by atoms with Crippen LogP contribution in [0.5, 0.6) is 5.75 Å². The van der Waals surface area contributed by atoms with E-state index in [1.807, 2.05) is 6.92 Å². The maximum atomic E-state index is 12.6. The molecule has 2 aliphatic rings. The second kappa shape index (κ2) is 4.34. The highest BCUT2D eigenvalue weighted by molar-refractivity contribution is 6.27. The summed E-state index contributed by atoms with van der Waals surface area (Å²) in [5, 5.41) is 0. The number of allylic oxidation sites excluding steroid dienone is 1. The van der Waals surface area contributed by atoms with Gasteiger partial charge in [0.1, 0.15) is 11.9 Å². The molecular formula is C16H14O4. The first-order chi connectivity index (χ1) is 9.54. The molecule has 4 nitrogen and oxygen atoms in total. The molecule has 0 saturated carbocycles. The smallest absolute Gasteiger partial charge is 0.228 e. The van der Waals surface area contributed by atoms with Crippen LogP contribution in [-0.2, 0) is 4.74 Å². The number of hydrogen-bond donors (Lipinski definition) is 0. The molecule has 1 aromatic carbocycles. The molecule has 1 atom stereocenters. The van der Waals surface area contributed by atoms with Crippen molar-refractivity contribution >= 4 is 11.6 Å². The normalized spacial score (nSPS) is 20.4. The minimum absolute atomic E-state index is 0.170. The summed E-state index contributed by atoms with van der Waals surface area (Å²) in [6.45, 7) is 5.65. The van der Waals surface area contributed by atoms with E-state index in [1.165, 1.54) is 7.11 Å². The summed E-state index contributed by atoms with van der Waals surface area (Å²) in [5.74, 6) is 0.156. The minimum Gasteiger partial charge on any atom is -0.496 e. The van der Waals surface area contributed by atoms with Gasteiger partial charge in [0, 0.05) is 12.0 Å². The zero-order chi connectivity index (χ0) is 14.4. The summed E-state index contributed by atoms with van der Waals surface area (Å²) in [7, 11) is 1.49. The van der Waals surface area contributed by atoms with E-state index in [9.17, 15) is 9.59 Å². The summed E-state index contributed by atoms with van der Waals surface area (Å²) in [6.07, 6.45) is 0.0976. The summed E-state index contributed by atoms with van der Waals surface area (Å²) in [4.78, 5) is 25.1. The molecular weight excluding hydrogens is 256 g/mol. The SMILES string of the molecule is C=C(C)C1CC2=C(O1)C(=O)c1cccc(OC)c1C2=O. The fourth-order valence-corrected chi connectivity index (χ4v) is 2.59. The molecule has 0 amide bonds. The first-order valence-electron chi connectivity index (χ1n) is 6.36. The Morgan fingerprint density at radius 2 is 2.10 bits per heavy atom. The van der Waals surface area contributed by atoms with Gasteiger partial charge in [-0.1, -0.05) is 12.6 Å². The quantitative estimate of drug-likeness (QED) is 0.775. The maximum Gasteiger partial charge on any atom is 0.228 e. The lowest BCUT2D eigenvalue weighted by Crippen LogP contribution is -2.20. The van der Waals surface area contributed by atoms with E-state index >= 15 is 0 Å². The number of carbonyl (C=O) groups is 2. The average molecular weight is 270 g/mol. The minimum atomic E-state index is -0.298. The third kappa shape index (κ3) is 1.61. The van der Waals surface area contributed by atoms with Gasteiger partial charge < -0.3 is 9.47 Å². The van der Waals surface area contributed by atoms with Crippen molar-refractivity contribution in [2.45, 2.75) is 19.4 Å². The third-order valence-electron chi connectivity index (χ3n) is 3.67. The van der Waals surface area contributed by atoms with Crippen molar-refractivity contribution in [3.8, 4) is 5.75 Å². The van der Waals surface area contributed by atoms with Gasteiger partial charge in [0.05, 0.1) is 18.2 Å². The second-order valence-corrected chi connectivity index (χ2v) is 5.01. The van der Waals surface area contributed by atoms with E-state index in [4.69, 9.17) is 9.47 Å². The van der Waals surface area contributed by atoms with Crippen LogP contribution in [0.4, 0.5) is 0 Å². The number of ether oxygens (including phenoxy) is 2. The summed E-state index contributed by atoms with van der Waals surface area (Å²) in [6, 6.07) is 5.00. The molecule has 3 rings (SSSR count). The number of fused-ring (bicyclic) bond motifs is 1. The Kier molecular flexibility index (Phi) is 2.74. The lowest BCUT2D eigenvalue weighted by molar-refractivity contribution is 0.0875. The van der Waals surface area contributed by atoms with Crippen molar-refractivity contribution in [3.05, 3.63) is 52.8 Å². The molecule has 20 heavy (non-hydrogen) atoms. The molecule has 0 spiro atoms. The molecule has 0 N–H and O–H groups in total. The number of Topliss-reactive ketones (excluding diaryl/α,β-unsaturated/α-hetero) is 2. The summed E-state index contributed by atoms with van der Waals surface area (Å²) in [5.41, 5.74) is 1.91. The van der Waals surface area contributed by atoms with Crippen molar-refractivity contribution in [1.82, 2.24) is 0 Å². The topological polar surface area (TPSA) is 52.6 Å². The average Bonchev–Trinajstić information content (AvgIpc) is 2.89. The molecule has 1 heterocycles. The van der Waals surface area contributed by atoms with Crippen molar-refractivity contribution < 1.29 is 19.1 Å². The van der Waals surface area contributed by atoms with Crippen molar-refractivity contribution in [2.24, 2.45) is 0 Å². The fraction of sp³-hybridized carbons (Fsp3) is 0.250. The Hall–Kier alpha value is -2.36. The van der Waals surface area contributed by atoms with Crippen molar-refractivity contribution in [3.63, 3.8) is 0 Å². The monoisotopic (exact) mass is 270 g/mol. The number of hydrogen-bond acceptors (Lipinski definition) is 4. The van der Waals surface area contributed by atoms with E-state index < -0.39 is 0 Å². The van der Waals surface area contributed by atoms with Crippen molar-refractivity contribution in [2.75, 3.05) is 7.11 Å². The standard InChI is InChI=1S/C16H14O4/c1-8(2)12-7-10-14(17)13-9(15(18)16(10)20-12)5-4-6-11(13)19-3/h4-6,12H,1,7H2,2-3H3. The molecule has 1 aromatic rings. The lowest BCUT2D eigenvalue weighted by atomic mass is 9.86. The summed E-state index contributed by atoms with van der Waals surface area (Å²) >= 11 is 0. The Balaban J connectivity index is 2.12. The van der Waals surface area contributed by atoms with Crippen LogP contribution in [0.1, 0.15) is 34.1 Å². The second-order valence-electron chi connectivity index (χ2n) is 5.01. The Labute approximate surface area is 116 Å². The van der Waals surface area contributed by atoms with Crippen LogP contribution >= 0.6 is 0 Å². The third-order valence-corrected chi connectivity index (χ3v) is 3.67. The predicted molar refractivity (Wildman–Crippen MR) is 73.0 cm³/mol. The number of methoxy groups -OCH3 is 1. The zero-order valence-electron chi connectivity index (χ0n) is 11.4. The van der Waals surface area contributed by atoms with E-state index in [-0.39, 0.29) is 23.4 Å². The van der Waals surface area contributed by atoms with Gasteiger partial charge in [-0.05, 0) is 24.6 Å². The highest BCUT2D eigenvalue weighted by Crippen LogP contribution is 2.40. The highest BCUT2D eigenvalue weighted by atomic mass is 16.5. The van der Waals surface area contributed by atoms with Crippen LogP contribution in [-0.4, -0.2) is 24.8 Å². The van der Waals surface area contributed by atoms with Crippen LogP contribution in [0.15, 0.2) is 41.7 Å².